The summed E-state index contributed by atoms with van der Waals surface area (Å²) in [6.45, 7) is 0. The SMILES string of the molecule is Oc1c(C2CC2)cnn1-c1ccc(Cl)c(C(F)(F)F)c1. The molecule has 1 aromatic carbocycles. The topological polar surface area (TPSA) is 38.1 Å². The van der Waals surface area contributed by atoms with Crippen molar-refractivity contribution in [1.82, 2.24) is 9.78 Å². The summed E-state index contributed by atoms with van der Waals surface area (Å²) in [4.78, 5) is 0. The molecule has 1 aliphatic rings. The Hall–Kier alpha value is -1.69. The first-order valence-corrected chi connectivity index (χ1v) is 6.39. The molecule has 20 heavy (non-hydrogen) atoms. The molecule has 0 spiro atoms. The standard InChI is InChI=1S/C13H10ClF3N2O/c14-11-4-3-8(5-10(11)13(15,16)17)19-12(20)9(6-18-19)7-1-2-7/h3-7,20H,1-2H2. The molecular weight excluding hydrogens is 293 g/mol. The van der Waals surface area contributed by atoms with E-state index < -0.39 is 11.7 Å². The van der Waals surface area contributed by atoms with E-state index in [0.29, 0.717) is 5.56 Å². The van der Waals surface area contributed by atoms with Gasteiger partial charge in [0.05, 0.1) is 22.5 Å². The summed E-state index contributed by atoms with van der Waals surface area (Å²) in [5.41, 5.74) is -0.140. The van der Waals surface area contributed by atoms with E-state index in [1.165, 1.54) is 12.3 Å². The molecule has 3 nitrogen and oxygen atoms in total. The Morgan fingerprint density at radius 3 is 2.60 bits per heavy atom. The first kappa shape index (κ1) is 13.3. The Labute approximate surface area is 117 Å². The van der Waals surface area contributed by atoms with Gasteiger partial charge < -0.3 is 5.11 Å². The van der Waals surface area contributed by atoms with Gasteiger partial charge in [-0.15, -0.1) is 0 Å². The highest BCUT2D eigenvalue weighted by atomic mass is 35.5. The molecule has 1 aliphatic carbocycles. The van der Waals surface area contributed by atoms with Crippen LogP contribution < -0.4 is 0 Å². The van der Waals surface area contributed by atoms with E-state index in [9.17, 15) is 18.3 Å². The first-order valence-electron chi connectivity index (χ1n) is 6.02. The Morgan fingerprint density at radius 2 is 2.00 bits per heavy atom. The molecular formula is C13H10ClF3N2O. The lowest BCUT2D eigenvalue weighted by Gasteiger charge is -2.11. The molecule has 0 atom stereocenters. The zero-order chi connectivity index (χ0) is 14.5. The van der Waals surface area contributed by atoms with E-state index in [2.05, 4.69) is 5.10 Å². The summed E-state index contributed by atoms with van der Waals surface area (Å²) in [6, 6.07) is 3.42. The number of rotatable bonds is 2. The minimum absolute atomic E-state index is 0.108. The van der Waals surface area contributed by atoms with Gasteiger partial charge in [-0.25, -0.2) is 4.68 Å². The Bertz CT molecular complexity index is 662. The molecule has 1 heterocycles. The van der Waals surface area contributed by atoms with Crippen molar-refractivity contribution in [1.29, 1.82) is 0 Å². The molecule has 0 amide bonds. The highest BCUT2D eigenvalue weighted by molar-refractivity contribution is 6.31. The van der Waals surface area contributed by atoms with E-state index in [4.69, 9.17) is 11.6 Å². The van der Waals surface area contributed by atoms with Gasteiger partial charge in [0.15, 0.2) is 0 Å². The van der Waals surface area contributed by atoms with E-state index in [-0.39, 0.29) is 22.5 Å². The fraction of sp³-hybridized carbons (Fsp3) is 0.308. The van der Waals surface area contributed by atoms with Crippen LogP contribution in [0.1, 0.15) is 29.9 Å². The van der Waals surface area contributed by atoms with Gasteiger partial charge in [0, 0.05) is 5.56 Å². The minimum Gasteiger partial charge on any atom is -0.493 e. The van der Waals surface area contributed by atoms with Gasteiger partial charge >= 0.3 is 6.18 Å². The van der Waals surface area contributed by atoms with Crippen molar-refractivity contribution in [3.63, 3.8) is 0 Å². The van der Waals surface area contributed by atoms with Crippen LogP contribution in [0.25, 0.3) is 5.69 Å². The molecule has 1 fully saturated rings. The third-order valence-electron chi connectivity index (χ3n) is 3.29. The van der Waals surface area contributed by atoms with Crippen molar-refractivity contribution in [3.8, 4) is 11.6 Å². The van der Waals surface area contributed by atoms with Crippen LogP contribution in [0.15, 0.2) is 24.4 Å². The first-order chi connectivity index (χ1) is 9.38. The fourth-order valence-corrected chi connectivity index (χ4v) is 2.31. The predicted octanol–water partition coefficient (Wildman–Crippen LogP) is 4.13. The maximum Gasteiger partial charge on any atom is 0.417 e. The number of hydrogen-bond acceptors (Lipinski definition) is 2. The Morgan fingerprint density at radius 1 is 1.30 bits per heavy atom. The number of hydrogen-bond donors (Lipinski definition) is 1. The molecule has 0 saturated heterocycles. The van der Waals surface area contributed by atoms with Gasteiger partial charge in [0.25, 0.3) is 0 Å². The van der Waals surface area contributed by atoms with Crippen molar-refractivity contribution in [2.75, 3.05) is 0 Å². The Balaban J connectivity index is 2.06. The second kappa shape index (κ2) is 4.41. The molecule has 2 aromatic rings. The maximum atomic E-state index is 12.8. The second-order valence-corrected chi connectivity index (χ2v) is 5.18. The van der Waals surface area contributed by atoms with Crippen LogP contribution in [0.3, 0.4) is 0 Å². The molecule has 0 bridgehead atoms. The molecule has 0 unspecified atom stereocenters. The molecule has 0 aliphatic heterocycles. The average molecular weight is 303 g/mol. The number of nitrogens with zero attached hydrogens (tertiary/aromatic N) is 2. The Kier molecular flexibility index (Phi) is 2.93. The molecule has 0 radical (unpaired) electrons. The smallest absolute Gasteiger partial charge is 0.417 e. The zero-order valence-electron chi connectivity index (χ0n) is 10.2. The highest BCUT2D eigenvalue weighted by Gasteiger charge is 2.34. The zero-order valence-corrected chi connectivity index (χ0v) is 10.9. The number of benzene rings is 1. The molecule has 1 saturated carbocycles. The lowest BCUT2D eigenvalue weighted by Crippen LogP contribution is -2.07. The van der Waals surface area contributed by atoms with Gasteiger partial charge in [-0.2, -0.15) is 18.3 Å². The van der Waals surface area contributed by atoms with Crippen LogP contribution in [0.4, 0.5) is 13.2 Å². The van der Waals surface area contributed by atoms with Crippen LogP contribution in [-0.4, -0.2) is 14.9 Å². The van der Waals surface area contributed by atoms with Crippen LogP contribution in [-0.2, 0) is 6.18 Å². The summed E-state index contributed by atoms with van der Waals surface area (Å²) in [6.07, 6.45) is -1.12. The van der Waals surface area contributed by atoms with Crippen molar-refractivity contribution >= 4 is 11.6 Å². The van der Waals surface area contributed by atoms with E-state index in [1.54, 1.807) is 0 Å². The normalized spacial score (nSPS) is 15.6. The monoisotopic (exact) mass is 302 g/mol. The lowest BCUT2D eigenvalue weighted by molar-refractivity contribution is -0.137. The van der Waals surface area contributed by atoms with Gasteiger partial charge in [0.2, 0.25) is 5.88 Å². The van der Waals surface area contributed by atoms with Crippen molar-refractivity contribution < 1.29 is 18.3 Å². The van der Waals surface area contributed by atoms with Crippen molar-refractivity contribution in [2.45, 2.75) is 24.9 Å². The van der Waals surface area contributed by atoms with Crippen LogP contribution >= 0.6 is 11.6 Å². The quantitative estimate of drug-likeness (QED) is 0.906. The van der Waals surface area contributed by atoms with Gasteiger partial charge in [-0.3, -0.25) is 0 Å². The maximum absolute atomic E-state index is 12.8. The molecule has 106 valence electrons. The number of alkyl halides is 3. The summed E-state index contributed by atoms with van der Waals surface area (Å²) >= 11 is 5.56. The molecule has 1 N–H and O–H groups in total. The van der Waals surface area contributed by atoms with Crippen LogP contribution in [0, 0.1) is 0 Å². The summed E-state index contributed by atoms with van der Waals surface area (Å²) < 4.78 is 39.5. The highest BCUT2D eigenvalue weighted by Crippen LogP contribution is 2.44. The third kappa shape index (κ3) is 2.24. The fourth-order valence-electron chi connectivity index (χ4n) is 2.09. The molecule has 3 rings (SSSR count). The van der Waals surface area contributed by atoms with E-state index in [0.717, 1.165) is 29.7 Å². The minimum atomic E-state index is -4.55. The molecule has 7 heteroatoms. The largest absolute Gasteiger partial charge is 0.493 e. The average Bonchev–Trinajstić information content (AvgIpc) is 3.13. The number of aromatic nitrogens is 2. The van der Waals surface area contributed by atoms with Crippen LogP contribution in [0.5, 0.6) is 5.88 Å². The van der Waals surface area contributed by atoms with Gasteiger partial charge in [0.1, 0.15) is 0 Å². The lowest BCUT2D eigenvalue weighted by atomic mass is 10.2. The summed E-state index contributed by atoms with van der Waals surface area (Å²) in [7, 11) is 0. The van der Waals surface area contributed by atoms with E-state index in [1.807, 2.05) is 0 Å². The number of aromatic hydroxyl groups is 1. The van der Waals surface area contributed by atoms with Gasteiger partial charge in [-0.05, 0) is 37.0 Å². The van der Waals surface area contributed by atoms with Gasteiger partial charge in [-0.1, -0.05) is 11.6 Å². The van der Waals surface area contributed by atoms with Crippen molar-refractivity contribution in [3.05, 3.63) is 40.5 Å². The number of halogens is 4. The second-order valence-electron chi connectivity index (χ2n) is 4.77. The summed E-state index contributed by atoms with van der Waals surface area (Å²) in [5.74, 6) is 0.154. The van der Waals surface area contributed by atoms with Crippen molar-refractivity contribution in [2.24, 2.45) is 0 Å². The summed E-state index contributed by atoms with van der Waals surface area (Å²) in [5, 5.41) is 13.6. The van der Waals surface area contributed by atoms with E-state index >= 15 is 0 Å². The third-order valence-corrected chi connectivity index (χ3v) is 3.62. The predicted molar refractivity (Wildman–Crippen MR) is 67.2 cm³/mol. The molecule has 1 aromatic heterocycles. The van der Waals surface area contributed by atoms with Crippen LogP contribution in [0.2, 0.25) is 5.02 Å².